The van der Waals surface area contributed by atoms with Crippen LogP contribution in [0.2, 0.25) is 0 Å². The molecule has 0 radical (unpaired) electrons. The van der Waals surface area contributed by atoms with Crippen molar-refractivity contribution >= 4 is 11.9 Å². The van der Waals surface area contributed by atoms with Gasteiger partial charge in [0, 0.05) is 0 Å². The van der Waals surface area contributed by atoms with Crippen LogP contribution in [0.4, 0.5) is 8.78 Å². The Hall–Kier alpha value is -3.20. The Labute approximate surface area is 177 Å². The Balaban J connectivity index is 1.61. The molecule has 0 saturated carbocycles. The van der Waals surface area contributed by atoms with Gasteiger partial charge in [0.2, 0.25) is 5.91 Å². The van der Waals surface area contributed by atoms with Crippen molar-refractivity contribution in [3.05, 3.63) is 59.2 Å². The number of carboxylic acid groups (broad SMARTS) is 1. The number of benzene rings is 2. The zero-order valence-corrected chi connectivity index (χ0v) is 17.2. The Kier molecular flexibility index (Phi) is 6.45. The topological polar surface area (TPSA) is 94.1 Å². The van der Waals surface area contributed by atoms with Crippen molar-refractivity contribution in [3.8, 4) is 11.5 Å². The number of nitrogens with one attached hydrogen (secondary N) is 1. The zero-order chi connectivity index (χ0) is 22.8. The quantitative estimate of drug-likeness (QED) is 0.648. The first-order valence-electron chi connectivity index (χ1n) is 9.70. The predicted octanol–water partition coefficient (Wildman–Crippen LogP) is 4.12. The Morgan fingerprint density at radius 1 is 1.06 bits per heavy atom. The minimum absolute atomic E-state index is 0.0141. The van der Waals surface area contributed by atoms with Crippen LogP contribution in [-0.2, 0) is 16.1 Å². The molecular formula is C22H23F2NO6. The third-order valence-corrected chi connectivity index (χ3v) is 4.78. The number of carbonyl (C=O) groups is 2. The van der Waals surface area contributed by atoms with Gasteiger partial charge in [0.1, 0.15) is 6.10 Å². The number of aromatic carboxylic acids is 1. The van der Waals surface area contributed by atoms with Gasteiger partial charge >= 0.3 is 12.3 Å². The minimum Gasteiger partial charge on any atom is -0.478 e. The number of ether oxygens (including phenoxy) is 3. The van der Waals surface area contributed by atoms with E-state index in [1.54, 1.807) is 25.1 Å². The zero-order valence-electron chi connectivity index (χ0n) is 17.2. The summed E-state index contributed by atoms with van der Waals surface area (Å²) in [5.41, 5.74) is 1.46. The van der Waals surface area contributed by atoms with Crippen molar-refractivity contribution in [3.63, 3.8) is 0 Å². The van der Waals surface area contributed by atoms with E-state index in [9.17, 15) is 18.4 Å². The molecule has 2 aromatic rings. The monoisotopic (exact) mass is 435 g/mol. The van der Waals surface area contributed by atoms with E-state index in [0.29, 0.717) is 5.56 Å². The lowest BCUT2D eigenvalue weighted by Gasteiger charge is -2.23. The number of fused-ring (bicyclic) bond motifs is 1. The van der Waals surface area contributed by atoms with Crippen molar-refractivity contribution in [1.82, 2.24) is 5.32 Å². The van der Waals surface area contributed by atoms with Gasteiger partial charge in [-0.15, -0.1) is 8.78 Å². The highest BCUT2D eigenvalue weighted by Gasteiger charge is 2.43. The van der Waals surface area contributed by atoms with Gasteiger partial charge < -0.3 is 24.6 Å². The first-order valence-corrected chi connectivity index (χ1v) is 9.70. The molecule has 1 aliphatic rings. The molecule has 0 fully saturated rings. The summed E-state index contributed by atoms with van der Waals surface area (Å²) < 4.78 is 40.9. The molecule has 166 valence electrons. The van der Waals surface area contributed by atoms with Crippen LogP contribution in [0.3, 0.4) is 0 Å². The molecule has 0 unspecified atom stereocenters. The molecule has 31 heavy (non-hydrogen) atoms. The van der Waals surface area contributed by atoms with E-state index in [1.165, 1.54) is 24.3 Å². The van der Waals surface area contributed by atoms with Crippen LogP contribution in [0.5, 0.6) is 11.5 Å². The van der Waals surface area contributed by atoms with Crippen LogP contribution >= 0.6 is 0 Å². The number of rotatable bonds is 8. The molecule has 0 aliphatic carbocycles. The predicted molar refractivity (Wildman–Crippen MR) is 106 cm³/mol. The van der Waals surface area contributed by atoms with Gasteiger partial charge in [-0.2, -0.15) is 0 Å². The molecule has 0 aromatic heterocycles. The van der Waals surface area contributed by atoms with Crippen molar-refractivity contribution in [2.75, 3.05) is 0 Å². The van der Waals surface area contributed by atoms with Crippen LogP contribution in [0, 0.1) is 5.92 Å². The average Bonchev–Trinajstić information content (AvgIpc) is 3.00. The fraction of sp³-hybridized carbons (Fsp3) is 0.364. The first-order chi connectivity index (χ1) is 14.6. The molecular weight excluding hydrogens is 412 g/mol. The van der Waals surface area contributed by atoms with E-state index in [0.717, 1.165) is 5.56 Å². The second kappa shape index (κ2) is 8.89. The van der Waals surface area contributed by atoms with Crippen LogP contribution in [0.15, 0.2) is 42.5 Å². The number of hydrogen-bond donors (Lipinski definition) is 2. The summed E-state index contributed by atoms with van der Waals surface area (Å²) in [6, 6.07) is 10.2. The molecule has 1 heterocycles. The standard InChI is InChI=1S/C22H23F2NO6/c1-12(2)19(20(26)25-13(3)15-5-7-16(8-6-15)21(27)28)29-11-14-4-9-17-18(10-14)31-22(23,24)30-17/h4-10,12-13,19H,11H2,1-3H3,(H,25,26)(H,27,28)/t13-,19+/m0/s1. The SMILES string of the molecule is CC(C)[C@@H](OCc1ccc2c(c1)OC(F)(F)O2)C(=O)N[C@@H](C)c1ccc(C(=O)O)cc1. The average molecular weight is 435 g/mol. The van der Waals surface area contributed by atoms with E-state index in [1.807, 2.05) is 13.8 Å². The van der Waals surface area contributed by atoms with Crippen molar-refractivity contribution in [1.29, 1.82) is 0 Å². The lowest BCUT2D eigenvalue weighted by atomic mass is 10.0. The molecule has 1 amide bonds. The molecule has 3 rings (SSSR count). The van der Waals surface area contributed by atoms with Crippen LogP contribution in [-0.4, -0.2) is 29.4 Å². The Bertz CT molecular complexity index is 961. The van der Waals surface area contributed by atoms with Gasteiger partial charge in [-0.05, 0) is 48.2 Å². The Morgan fingerprint density at radius 2 is 1.71 bits per heavy atom. The van der Waals surface area contributed by atoms with E-state index in [4.69, 9.17) is 9.84 Å². The lowest BCUT2D eigenvalue weighted by molar-refractivity contribution is -0.286. The van der Waals surface area contributed by atoms with Crippen molar-refractivity contribution in [2.45, 2.75) is 45.8 Å². The summed E-state index contributed by atoms with van der Waals surface area (Å²) >= 11 is 0. The summed E-state index contributed by atoms with van der Waals surface area (Å²) in [4.78, 5) is 23.7. The number of halogens is 2. The number of carbonyl (C=O) groups excluding carboxylic acids is 1. The molecule has 2 N–H and O–H groups in total. The second-order valence-corrected chi connectivity index (χ2v) is 7.58. The van der Waals surface area contributed by atoms with Crippen LogP contribution in [0.25, 0.3) is 0 Å². The molecule has 1 aliphatic heterocycles. The van der Waals surface area contributed by atoms with Gasteiger partial charge in [0.25, 0.3) is 0 Å². The number of carboxylic acids is 1. The maximum atomic E-state index is 13.2. The fourth-order valence-electron chi connectivity index (χ4n) is 3.13. The fourth-order valence-corrected chi connectivity index (χ4v) is 3.13. The first kappa shape index (κ1) is 22.5. The van der Waals surface area contributed by atoms with Crippen molar-refractivity contribution in [2.24, 2.45) is 5.92 Å². The number of hydrogen-bond acceptors (Lipinski definition) is 5. The van der Waals surface area contributed by atoms with Gasteiger partial charge in [0.15, 0.2) is 11.5 Å². The summed E-state index contributed by atoms with van der Waals surface area (Å²) in [5.74, 6) is -1.66. The molecule has 9 heteroatoms. The largest absolute Gasteiger partial charge is 0.586 e. The van der Waals surface area contributed by atoms with E-state index < -0.39 is 18.4 Å². The van der Waals surface area contributed by atoms with Gasteiger partial charge in [-0.1, -0.05) is 32.0 Å². The minimum atomic E-state index is -3.69. The summed E-state index contributed by atoms with van der Waals surface area (Å²) in [6.45, 7) is 5.46. The highest BCUT2D eigenvalue weighted by Crippen LogP contribution is 2.41. The molecule has 0 spiro atoms. The molecule has 0 bridgehead atoms. The number of amides is 1. The maximum Gasteiger partial charge on any atom is 0.586 e. The van der Waals surface area contributed by atoms with Crippen LogP contribution in [0.1, 0.15) is 48.3 Å². The molecule has 0 saturated heterocycles. The smallest absolute Gasteiger partial charge is 0.478 e. The molecule has 7 nitrogen and oxygen atoms in total. The van der Waals surface area contributed by atoms with Crippen LogP contribution < -0.4 is 14.8 Å². The summed E-state index contributed by atoms with van der Waals surface area (Å²) in [5, 5.41) is 11.8. The van der Waals surface area contributed by atoms with E-state index >= 15 is 0 Å². The van der Waals surface area contributed by atoms with Crippen molar-refractivity contribution < 1.29 is 37.7 Å². The molecule has 2 aromatic carbocycles. The molecule has 2 atom stereocenters. The second-order valence-electron chi connectivity index (χ2n) is 7.58. The summed E-state index contributed by atoms with van der Waals surface area (Å²) in [7, 11) is 0. The highest BCUT2D eigenvalue weighted by molar-refractivity contribution is 5.87. The van der Waals surface area contributed by atoms with Gasteiger partial charge in [-0.3, -0.25) is 4.79 Å². The Morgan fingerprint density at radius 3 is 2.32 bits per heavy atom. The third-order valence-electron chi connectivity index (χ3n) is 4.78. The van der Waals surface area contributed by atoms with Gasteiger partial charge in [0.05, 0.1) is 18.2 Å². The normalized spacial score (nSPS) is 16.1. The maximum absolute atomic E-state index is 13.2. The van der Waals surface area contributed by atoms with E-state index in [2.05, 4.69) is 14.8 Å². The van der Waals surface area contributed by atoms with Gasteiger partial charge in [-0.25, -0.2) is 4.79 Å². The lowest BCUT2D eigenvalue weighted by Crippen LogP contribution is -2.40. The van der Waals surface area contributed by atoms with E-state index in [-0.39, 0.29) is 41.5 Å². The number of alkyl halides is 2. The highest BCUT2D eigenvalue weighted by atomic mass is 19.3. The third kappa shape index (κ3) is 5.49. The summed E-state index contributed by atoms with van der Waals surface area (Å²) in [6.07, 6.45) is -4.48.